The lowest BCUT2D eigenvalue weighted by molar-refractivity contribution is 0.592. The Hall–Kier alpha value is -2.57. The van der Waals surface area contributed by atoms with Gasteiger partial charge in [0.2, 0.25) is 5.95 Å². The molecule has 0 radical (unpaired) electrons. The molecule has 0 saturated heterocycles. The van der Waals surface area contributed by atoms with Gasteiger partial charge in [0.1, 0.15) is 5.76 Å². The predicted molar refractivity (Wildman–Crippen MR) is 60.7 cm³/mol. The molecule has 3 aromatic rings. The molecule has 0 atom stereocenters. The van der Waals surface area contributed by atoms with Crippen LogP contribution in [-0.2, 0) is 7.05 Å². The fraction of sp³-hybridized carbons (Fsp3) is 0.100. The number of aromatic amines is 1. The van der Waals surface area contributed by atoms with Crippen molar-refractivity contribution in [1.29, 1.82) is 0 Å². The minimum atomic E-state index is 0.194. The Balaban J connectivity index is 1.98. The molecule has 3 aromatic heterocycles. The molecular weight excluding hydrogens is 220 g/mol. The van der Waals surface area contributed by atoms with Crippen molar-refractivity contribution in [2.45, 2.75) is 0 Å². The maximum atomic E-state index is 5.64. The zero-order valence-electron chi connectivity index (χ0n) is 9.08. The van der Waals surface area contributed by atoms with E-state index in [-0.39, 0.29) is 5.95 Å². The van der Waals surface area contributed by atoms with Gasteiger partial charge >= 0.3 is 0 Å². The van der Waals surface area contributed by atoms with Gasteiger partial charge in [0.25, 0.3) is 0 Å². The van der Waals surface area contributed by atoms with Crippen LogP contribution in [0.5, 0.6) is 0 Å². The first-order valence-corrected chi connectivity index (χ1v) is 4.99. The van der Waals surface area contributed by atoms with Crippen LogP contribution in [0.15, 0.2) is 28.9 Å². The van der Waals surface area contributed by atoms with Crippen molar-refractivity contribution in [1.82, 2.24) is 25.0 Å². The normalized spacial score (nSPS) is 10.9. The van der Waals surface area contributed by atoms with Crippen LogP contribution in [0.4, 0.5) is 5.95 Å². The van der Waals surface area contributed by atoms with E-state index < -0.39 is 0 Å². The summed E-state index contributed by atoms with van der Waals surface area (Å²) < 4.78 is 7.35. The van der Waals surface area contributed by atoms with Crippen molar-refractivity contribution in [2.75, 3.05) is 5.73 Å². The Bertz CT molecular complexity index is 594. The molecule has 86 valence electrons. The molecule has 0 aromatic carbocycles. The van der Waals surface area contributed by atoms with E-state index >= 15 is 0 Å². The monoisotopic (exact) mass is 230 g/mol. The number of hydrogen-bond acceptors (Lipinski definition) is 5. The first-order valence-electron chi connectivity index (χ1n) is 4.99. The Labute approximate surface area is 96.3 Å². The Morgan fingerprint density at radius 2 is 2.18 bits per heavy atom. The molecule has 3 heterocycles. The average molecular weight is 230 g/mol. The molecule has 0 amide bonds. The zero-order valence-corrected chi connectivity index (χ0v) is 9.08. The molecule has 0 saturated carbocycles. The summed E-state index contributed by atoms with van der Waals surface area (Å²) in [6, 6.07) is 3.66. The average Bonchev–Trinajstić information content (AvgIpc) is 2.96. The molecule has 7 nitrogen and oxygen atoms in total. The number of nitrogens with zero attached hydrogens (tertiary/aromatic N) is 4. The lowest BCUT2D eigenvalue weighted by Gasteiger charge is -1.90. The van der Waals surface area contributed by atoms with Crippen LogP contribution in [0.1, 0.15) is 0 Å². The van der Waals surface area contributed by atoms with Gasteiger partial charge in [0, 0.05) is 13.2 Å². The molecule has 7 heteroatoms. The summed E-state index contributed by atoms with van der Waals surface area (Å²) >= 11 is 0. The van der Waals surface area contributed by atoms with Crippen LogP contribution in [0, 0.1) is 0 Å². The van der Waals surface area contributed by atoms with Crippen molar-refractivity contribution < 1.29 is 4.42 Å². The van der Waals surface area contributed by atoms with Crippen LogP contribution in [0.3, 0.4) is 0 Å². The van der Waals surface area contributed by atoms with E-state index in [4.69, 9.17) is 10.2 Å². The second-order valence-corrected chi connectivity index (χ2v) is 3.61. The third-order valence-electron chi connectivity index (χ3n) is 2.33. The van der Waals surface area contributed by atoms with E-state index in [1.807, 2.05) is 25.4 Å². The van der Waals surface area contributed by atoms with Gasteiger partial charge in [-0.25, -0.2) is 0 Å². The number of nitrogen functional groups attached to an aromatic ring is 1. The van der Waals surface area contributed by atoms with Crippen molar-refractivity contribution >= 4 is 5.95 Å². The number of nitrogens with two attached hydrogens (primary N) is 1. The van der Waals surface area contributed by atoms with Crippen molar-refractivity contribution in [3.63, 3.8) is 0 Å². The quantitative estimate of drug-likeness (QED) is 0.685. The molecule has 0 fully saturated rings. The van der Waals surface area contributed by atoms with E-state index in [2.05, 4.69) is 20.3 Å². The SMILES string of the molecule is Cn1cc(-c2ccc(-c3nc(N)n[nH]3)o2)cn1. The zero-order chi connectivity index (χ0) is 11.8. The first-order chi connectivity index (χ1) is 8.22. The standard InChI is InChI=1S/C10H10N6O/c1-16-5-6(4-12-16)7-2-3-8(17-7)9-13-10(11)15-14-9/h2-5H,1H3,(H3,11,13,14,15). The number of nitrogens with one attached hydrogen (secondary N) is 1. The lowest BCUT2D eigenvalue weighted by atomic mass is 10.3. The number of rotatable bonds is 2. The molecule has 3 rings (SSSR count). The summed E-state index contributed by atoms with van der Waals surface area (Å²) in [7, 11) is 1.85. The summed E-state index contributed by atoms with van der Waals surface area (Å²) in [4.78, 5) is 3.99. The third kappa shape index (κ3) is 1.67. The molecule has 0 spiro atoms. The highest BCUT2D eigenvalue weighted by atomic mass is 16.3. The van der Waals surface area contributed by atoms with Crippen LogP contribution in [0.25, 0.3) is 22.9 Å². The Morgan fingerprint density at radius 1 is 1.35 bits per heavy atom. The summed E-state index contributed by atoms with van der Waals surface area (Å²) in [6.07, 6.45) is 3.61. The highest BCUT2D eigenvalue weighted by Gasteiger charge is 2.10. The molecule has 17 heavy (non-hydrogen) atoms. The maximum Gasteiger partial charge on any atom is 0.239 e. The van der Waals surface area contributed by atoms with Crippen molar-refractivity contribution in [2.24, 2.45) is 7.05 Å². The Morgan fingerprint density at radius 3 is 2.82 bits per heavy atom. The smallest absolute Gasteiger partial charge is 0.239 e. The predicted octanol–water partition coefficient (Wildman–Crippen LogP) is 1.05. The van der Waals surface area contributed by atoms with Gasteiger partial charge < -0.3 is 10.2 Å². The summed E-state index contributed by atoms with van der Waals surface area (Å²) in [5.74, 6) is 2.02. The second kappa shape index (κ2) is 3.48. The largest absolute Gasteiger partial charge is 0.453 e. The van der Waals surface area contributed by atoms with Crippen LogP contribution in [-0.4, -0.2) is 25.0 Å². The van der Waals surface area contributed by atoms with Gasteiger partial charge in [0.15, 0.2) is 11.6 Å². The number of hydrogen-bond donors (Lipinski definition) is 2. The summed E-state index contributed by atoms with van der Waals surface area (Å²) in [5.41, 5.74) is 6.34. The molecule has 0 aliphatic carbocycles. The van der Waals surface area contributed by atoms with Gasteiger partial charge in [-0.15, -0.1) is 5.10 Å². The van der Waals surface area contributed by atoms with Crippen LogP contribution >= 0.6 is 0 Å². The minimum absolute atomic E-state index is 0.194. The Kier molecular flexibility index (Phi) is 1.97. The lowest BCUT2D eigenvalue weighted by Crippen LogP contribution is -1.85. The van der Waals surface area contributed by atoms with Gasteiger partial charge in [-0.3, -0.25) is 9.78 Å². The molecule has 0 aliphatic rings. The van der Waals surface area contributed by atoms with E-state index in [1.165, 1.54) is 0 Å². The summed E-state index contributed by atoms with van der Waals surface area (Å²) in [5, 5.41) is 10.5. The fourth-order valence-electron chi connectivity index (χ4n) is 1.55. The van der Waals surface area contributed by atoms with E-state index in [0.717, 1.165) is 11.3 Å². The highest BCUT2D eigenvalue weighted by molar-refractivity contribution is 5.60. The number of aryl methyl sites for hydroxylation is 1. The summed E-state index contributed by atoms with van der Waals surface area (Å²) in [6.45, 7) is 0. The first kappa shape index (κ1) is 9.64. The van der Waals surface area contributed by atoms with Gasteiger partial charge in [0.05, 0.1) is 11.8 Å². The topological polar surface area (TPSA) is 98.6 Å². The van der Waals surface area contributed by atoms with E-state index in [1.54, 1.807) is 10.9 Å². The third-order valence-corrected chi connectivity index (χ3v) is 2.33. The molecule has 0 bridgehead atoms. The molecule has 0 unspecified atom stereocenters. The van der Waals surface area contributed by atoms with Gasteiger partial charge in [-0.1, -0.05) is 0 Å². The van der Waals surface area contributed by atoms with E-state index in [0.29, 0.717) is 11.6 Å². The van der Waals surface area contributed by atoms with Crippen molar-refractivity contribution in [3.05, 3.63) is 24.5 Å². The van der Waals surface area contributed by atoms with Crippen molar-refractivity contribution in [3.8, 4) is 22.9 Å². The van der Waals surface area contributed by atoms with Crippen LogP contribution in [0.2, 0.25) is 0 Å². The second-order valence-electron chi connectivity index (χ2n) is 3.61. The van der Waals surface area contributed by atoms with E-state index in [9.17, 15) is 0 Å². The number of furan rings is 1. The molecule has 3 N–H and O–H groups in total. The van der Waals surface area contributed by atoms with Gasteiger partial charge in [-0.05, 0) is 12.1 Å². The molecular formula is C10H10N6O. The minimum Gasteiger partial charge on any atom is -0.453 e. The maximum absolute atomic E-state index is 5.64. The number of H-pyrrole nitrogens is 1. The fourth-order valence-corrected chi connectivity index (χ4v) is 1.55. The van der Waals surface area contributed by atoms with Gasteiger partial charge in [-0.2, -0.15) is 10.1 Å². The number of aromatic nitrogens is 5. The van der Waals surface area contributed by atoms with Crippen LogP contribution < -0.4 is 5.73 Å². The molecule has 0 aliphatic heterocycles. The number of anilines is 1. The highest BCUT2D eigenvalue weighted by Crippen LogP contribution is 2.26.